The van der Waals surface area contributed by atoms with E-state index in [4.69, 9.17) is 15.2 Å². The molecule has 2 fully saturated rings. The van der Waals surface area contributed by atoms with E-state index in [0.29, 0.717) is 61.5 Å². The first-order chi connectivity index (χ1) is 16.0. The monoisotopic (exact) mass is 460 g/mol. The molecule has 0 radical (unpaired) electrons. The maximum Gasteiger partial charge on any atom is 0.296 e. The summed E-state index contributed by atoms with van der Waals surface area (Å²) in [6.45, 7) is 3.61. The molecule has 0 saturated carbocycles. The van der Waals surface area contributed by atoms with Crippen LogP contribution in [0.25, 0.3) is 17.0 Å². The zero-order valence-corrected chi connectivity index (χ0v) is 18.3. The maximum atomic E-state index is 14.1. The fourth-order valence-electron chi connectivity index (χ4n) is 4.29. The average Bonchev–Trinajstić information content (AvgIpc) is 3.24. The van der Waals surface area contributed by atoms with Crippen molar-refractivity contribution in [1.29, 1.82) is 0 Å². The number of hydrogen-bond acceptors (Lipinski definition) is 9. The van der Waals surface area contributed by atoms with Crippen LogP contribution in [0.3, 0.4) is 0 Å². The van der Waals surface area contributed by atoms with E-state index in [0.717, 1.165) is 19.4 Å². The molecule has 12 heteroatoms. The highest BCUT2D eigenvalue weighted by molar-refractivity contribution is 5.84. The molecule has 2 aromatic heterocycles. The van der Waals surface area contributed by atoms with Gasteiger partial charge in [-0.15, -0.1) is 0 Å². The molecular weight excluding hydrogens is 434 g/mol. The number of rotatable bonds is 5. The van der Waals surface area contributed by atoms with Crippen LogP contribution in [0.15, 0.2) is 18.2 Å². The number of fused-ring (bicyclic) bond motifs is 1. The highest BCUT2D eigenvalue weighted by Crippen LogP contribution is 2.32. The van der Waals surface area contributed by atoms with Crippen molar-refractivity contribution in [3.05, 3.63) is 24.0 Å². The second-order valence-electron chi connectivity index (χ2n) is 8.12. The number of imidazole rings is 1. The van der Waals surface area contributed by atoms with Gasteiger partial charge in [0.1, 0.15) is 11.3 Å². The van der Waals surface area contributed by atoms with Crippen LogP contribution >= 0.6 is 0 Å². The number of nitrogens with two attached hydrogens (primary N) is 1. The standard InChI is InChI=1S/C21H26F2N8O2/c1-32-15-6-2-5-14-16(15)25-18(17(22)23)31(14)21-27-19(29-8-10-33-11-9-29)26-20(28-21)30-7-3-4-13(24)12-30/h2,5-6,13,17H,3-4,7-12,24H2,1H3/t13-/m1/s1. The number of piperidine rings is 1. The van der Waals surface area contributed by atoms with Gasteiger partial charge in [-0.2, -0.15) is 15.0 Å². The van der Waals surface area contributed by atoms with Gasteiger partial charge in [-0.05, 0) is 25.0 Å². The number of hydrogen-bond donors (Lipinski definition) is 1. The largest absolute Gasteiger partial charge is 0.494 e. The van der Waals surface area contributed by atoms with Gasteiger partial charge in [-0.25, -0.2) is 13.8 Å². The first-order valence-corrected chi connectivity index (χ1v) is 11.0. The number of nitrogens with zero attached hydrogens (tertiary/aromatic N) is 7. The van der Waals surface area contributed by atoms with Gasteiger partial charge in [0.25, 0.3) is 6.43 Å². The van der Waals surface area contributed by atoms with Crippen LogP contribution in [-0.2, 0) is 4.74 Å². The van der Waals surface area contributed by atoms with E-state index < -0.39 is 12.2 Å². The minimum absolute atomic E-state index is 0.000707. The molecule has 2 aliphatic rings. The van der Waals surface area contributed by atoms with Crippen molar-refractivity contribution in [1.82, 2.24) is 24.5 Å². The van der Waals surface area contributed by atoms with Crippen LogP contribution in [0.5, 0.6) is 5.75 Å². The molecule has 0 spiro atoms. The van der Waals surface area contributed by atoms with Crippen molar-refractivity contribution in [3.8, 4) is 11.7 Å². The fourth-order valence-corrected chi connectivity index (χ4v) is 4.29. The van der Waals surface area contributed by atoms with Crippen LogP contribution in [0, 0.1) is 0 Å². The van der Waals surface area contributed by atoms with Crippen LogP contribution in [0.2, 0.25) is 0 Å². The van der Waals surface area contributed by atoms with Crippen molar-refractivity contribution < 1.29 is 18.3 Å². The smallest absolute Gasteiger partial charge is 0.296 e. The Labute approximate surface area is 189 Å². The van der Waals surface area contributed by atoms with Gasteiger partial charge in [0.15, 0.2) is 5.82 Å². The lowest BCUT2D eigenvalue weighted by Crippen LogP contribution is -2.44. The molecule has 0 bridgehead atoms. The molecule has 0 amide bonds. The highest BCUT2D eigenvalue weighted by Gasteiger charge is 2.27. The van der Waals surface area contributed by atoms with Gasteiger partial charge < -0.3 is 25.0 Å². The third-order valence-corrected chi connectivity index (χ3v) is 5.92. The van der Waals surface area contributed by atoms with Crippen molar-refractivity contribution in [2.45, 2.75) is 25.3 Å². The van der Waals surface area contributed by atoms with Crippen molar-refractivity contribution in [2.75, 3.05) is 56.3 Å². The first-order valence-electron chi connectivity index (χ1n) is 11.0. The molecular formula is C21H26F2N8O2. The SMILES string of the molecule is COc1cccc2c1nc(C(F)F)n2-c1nc(N2CCOCC2)nc(N2CCC[C@@H](N)C2)n1. The summed E-state index contributed by atoms with van der Waals surface area (Å²) in [5.74, 6) is 0.878. The Morgan fingerprint density at radius 3 is 2.45 bits per heavy atom. The summed E-state index contributed by atoms with van der Waals surface area (Å²) in [6, 6.07) is 5.11. The molecule has 1 atom stereocenters. The van der Waals surface area contributed by atoms with Gasteiger partial charge in [-0.1, -0.05) is 6.07 Å². The second kappa shape index (κ2) is 9.02. The lowest BCUT2D eigenvalue weighted by molar-refractivity contribution is 0.122. The number of benzene rings is 1. The summed E-state index contributed by atoms with van der Waals surface area (Å²) in [5.41, 5.74) is 6.94. The number of morpholine rings is 1. The van der Waals surface area contributed by atoms with Gasteiger partial charge in [0.2, 0.25) is 17.8 Å². The Balaban J connectivity index is 1.69. The van der Waals surface area contributed by atoms with Crippen molar-refractivity contribution in [2.24, 2.45) is 5.73 Å². The molecule has 2 aliphatic heterocycles. The topological polar surface area (TPSA) is 107 Å². The molecule has 176 valence electrons. The van der Waals surface area contributed by atoms with E-state index in [1.54, 1.807) is 18.2 Å². The third-order valence-electron chi connectivity index (χ3n) is 5.92. The number of aromatic nitrogens is 5. The Morgan fingerprint density at radius 1 is 1.03 bits per heavy atom. The predicted molar refractivity (Wildman–Crippen MR) is 118 cm³/mol. The summed E-state index contributed by atoms with van der Waals surface area (Å²) in [6.07, 6.45) is -1.01. The summed E-state index contributed by atoms with van der Waals surface area (Å²) in [7, 11) is 1.48. The third kappa shape index (κ3) is 4.15. The number of methoxy groups -OCH3 is 1. The van der Waals surface area contributed by atoms with Gasteiger partial charge in [0.05, 0.1) is 25.8 Å². The molecule has 5 rings (SSSR count). The normalized spacial score (nSPS) is 19.5. The van der Waals surface area contributed by atoms with E-state index in [1.165, 1.54) is 11.7 Å². The maximum absolute atomic E-state index is 14.1. The van der Waals surface area contributed by atoms with E-state index >= 15 is 0 Å². The van der Waals surface area contributed by atoms with Crippen LogP contribution in [-0.4, -0.2) is 77.0 Å². The van der Waals surface area contributed by atoms with Crippen LogP contribution in [0.1, 0.15) is 25.1 Å². The fraction of sp³-hybridized carbons (Fsp3) is 0.524. The zero-order valence-electron chi connectivity index (χ0n) is 18.3. The molecule has 33 heavy (non-hydrogen) atoms. The number of alkyl halides is 2. The Bertz CT molecular complexity index is 1130. The number of para-hydroxylation sites is 1. The van der Waals surface area contributed by atoms with E-state index in [-0.39, 0.29) is 12.0 Å². The van der Waals surface area contributed by atoms with Gasteiger partial charge >= 0.3 is 0 Å². The molecule has 2 N–H and O–H groups in total. The summed E-state index contributed by atoms with van der Waals surface area (Å²) >= 11 is 0. The van der Waals surface area contributed by atoms with Crippen LogP contribution in [0.4, 0.5) is 20.7 Å². The summed E-state index contributed by atoms with van der Waals surface area (Å²) in [5, 5.41) is 0. The second-order valence-corrected chi connectivity index (χ2v) is 8.12. The van der Waals surface area contributed by atoms with E-state index in [1.807, 2.05) is 9.80 Å². The molecule has 0 unspecified atom stereocenters. The lowest BCUT2D eigenvalue weighted by atomic mass is 10.1. The molecule has 1 aromatic carbocycles. The number of ether oxygens (including phenoxy) is 2. The minimum atomic E-state index is -2.84. The minimum Gasteiger partial charge on any atom is -0.494 e. The first kappa shape index (κ1) is 21.7. The number of halogens is 2. The zero-order chi connectivity index (χ0) is 22.9. The number of anilines is 2. The molecule has 4 heterocycles. The molecule has 2 saturated heterocycles. The van der Waals surface area contributed by atoms with Crippen LogP contribution < -0.4 is 20.3 Å². The lowest BCUT2D eigenvalue weighted by Gasteiger charge is -2.32. The quantitative estimate of drug-likeness (QED) is 0.611. The van der Waals surface area contributed by atoms with Gasteiger partial charge in [-0.3, -0.25) is 4.57 Å². The van der Waals surface area contributed by atoms with E-state index in [2.05, 4.69) is 19.9 Å². The van der Waals surface area contributed by atoms with Crippen molar-refractivity contribution >= 4 is 22.9 Å². The Kier molecular flexibility index (Phi) is 5.94. The average molecular weight is 460 g/mol. The highest BCUT2D eigenvalue weighted by atomic mass is 19.3. The summed E-state index contributed by atoms with van der Waals surface area (Å²) in [4.78, 5) is 22.0. The van der Waals surface area contributed by atoms with E-state index in [9.17, 15) is 8.78 Å². The molecule has 10 nitrogen and oxygen atoms in total. The van der Waals surface area contributed by atoms with Gasteiger partial charge in [0, 0.05) is 32.2 Å². The molecule has 0 aliphatic carbocycles. The Hall–Kier alpha value is -3.12. The summed E-state index contributed by atoms with van der Waals surface area (Å²) < 4.78 is 40.3. The van der Waals surface area contributed by atoms with Crippen molar-refractivity contribution in [3.63, 3.8) is 0 Å². The molecule has 3 aromatic rings. The Morgan fingerprint density at radius 2 is 1.76 bits per heavy atom. The predicted octanol–water partition coefficient (Wildman–Crippen LogP) is 1.92.